The quantitative estimate of drug-likeness (QED) is 0.836. The Labute approximate surface area is 134 Å². The van der Waals surface area contributed by atoms with Gasteiger partial charge in [-0.15, -0.1) is 0 Å². The van der Waals surface area contributed by atoms with E-state index in [-0.39, 0.29) is 0 Å². The molecule has 0 fully saturated rings. The SMILES string of the molecule is CCNc1ncnc(NCCc2ccc(Cl)cc2Cl)c1C. The van der Waals surface area contributed by atoms with E-state index in [4.69, 9.17) is 23.2 Å². The lowest BCUT2D eigenvalue weighted by Crippen LogP contribution is -2.10. The standard InChI is InChI=1S/C15H18Cl2N4/c1-3-18-14-10(2)15(21-9-20-14)19-7-6-11-4-5-12(16)8-13(11)17/h4-5,8-9H,3,6-7H2,1-2H3,(H2,18,19,20,21). The minimum absolute atomic E-state index is 0.652. The lowest BCUT2D eigenvalue weighted by molar-refractivity contribution is 0.989. The van der Waals surface area contributed by atoms with Gasteiger partial charge in [-0.05, 0) is 38.0 Å². The molecule has 2 N–H and O–H groups in total. The third kappa shape index (κ3) is 4.22. The van der Waals surface area contributed by atoms with E-state index in [1.54, 1.807) is 12.4 Å². The van der Waals surface area contributed by atoms with Crippen molar-refractivity contribution in [3.8, 4) is 0 Å². The topological polar surface area (TPSA) is 49.8 Å². The molecule has 0 spiro atoms. The van der Waals surface area contributed by atoms with Crippen LogP contribution in [-0.4, -0.2) is 23.1 Å². The van der Waals surface area contributed by atoms with Gasteiger partial charge in [0.25, 0.3) is 0 Å². The summed E-state index contributed by atoms with van der Waals surface area (Å²) in [6, 6.07) is 5.56. The molecule has 0 saturated heterocycles. The number of nitrogens with zero attached hydrogens (tertiary/aromatic N) is 2. The van der Waals surface area contributed by atoms with Crippen LogP contribution in [0.15, 0.2) is 24.5 Å². The van der Waals surface area contributed by atoms with Crippen molar-refractivity contribution in [2.24, 2.45) is 0 Å². The van der Waals surface area contributed by atoms with E-state index in [1.165, 1.54) is 0 Å². The number of anilines is 2. The van der Waals surface area contributed by atoms with Gasteiger partial charge in [-0.1, -0.05) is 29.3 Å². The summed E-state index contributed by atoms with van der Waals surface area (Å²) in [5.41, 5.74) is 2.08. The number of benzene rings is 1. The fraction of sp³-hybridized carbons (Fsp3) is 0.333. The number of nitrogens with one attached hydrogen (secondary N) is 2. The summed E-state index contributed by atoms with van der Waals surface area (Å²) >= 11 is 12.1. The molecule has 0 bridgehead atoms. The Kier molecular flexibility index (Phi) is 5.65. The zero-order valence-electron chi connectivity index (χ0n) is 12.1. The molecule has 6 heteroatoms. The van der Waals surface area contributed by atoms with Gasteiger partial charge >= 0.3 is 0 Å². The van der Waals surface area contributed by atoms with E-state index in [2.05, 4.69) is 20.6 Å². The van der Waals surface area contributed by atoms with E-state index in [0.29, 0.717) is 10.0 Å². The number of hydrogen-bond donors (Lipinski definition) is 2. The van der Waals surface area contributed by atoms with Gasteiger partial charge in [0.1, 0.15) is 18.0 Å². The second-order valence-electron chi connectivity index (χ2n) is 4.64. The zero-order chi connectivity index (χ0) is 15.2. The molecule has 0 atom stereocenters. The second-order valence-corrected chi connectivity index (χ2v) is 5.48. The molecule has 2 rings (SSSR count). The van der Waals surface area contributed by atoms with Gasteiger partial charge in [0, 0.05) is 28.7 Å². The van der Waals surface area contributed by atoms with Gasteiger partial charge in [0.15, 0.2) is 0 Å². The highest BCUT2D eigenvalue weighted by molar-refractivity contribution is 6.35. The van der Waals surface area contributed by atoms with Crippen molar-refractivity contribution in [1.82, 2.24) is 9.97 Å². The monoisotopic (exact) mass is 324 g/mol. The summed E-state index contributed by atoms with van der Waals surface area (Å²) in [7, 11) is 0. The molecule has 0 amide bonds. The van der Waals surface area contributed by atoms with Crippen LogP contribution in [0.3, 0.4) is 0 Å². The maximum atomic E-state index is 6.16. The number of hydrogen-bond acceptors (Lipinski definition) is 4. The molecular weight excluding hydrogens is 307 g/mol. The maximum absolute atomic E-state index is 6.16. The van der Waals surface area contributed by atoms with Crippen LogP contribution in [0.25, 0.3) is 0 Å². The number of halogens is 2. The third-order valence-electron chi connectivity index (χ3n) is 3.13. The maximum Gasteiger partial charge on any atom is 0.134 e. The molecule has 21 heavy (non-hydrogen) atoms. The van der Waals surface area contributed by atoms with Crippen LogP contribution in [0.5, 0.6) is 0 Å². The molecule has 1 aromatic carbocycles. The highest BCUT2D eigenvalue weighted by atomic mass is 35.5. The van der Waals surface area contributed by atoms with Gasteiger partial charge in [0.05, 0.1) is 0 Å². The smallest absolute Gasteiger partial charge is 0.134 e. The average Bonchev–Trinajstić information content (AvgIpc) is 2.45. The molecule has 0 unspecified atom stereocenters. The van der Waals surface area contributed by atoms with Crippen molar-refractivity contribution in [1.29, 1.82) is 0 Å². The molecule has 1 heterocycles. The van der Waals surface area contributed by atoms with Gasteiger partial charge in [0.2, 0.25) is 0 Å². The number of aromatic nitrogens is 2. The first kappa shape index (κ1) is 15.9. The normalized spacial score (nSPS) is 10.5. The minimum Gasteiger partial charge on any atom is -0.370 e. The van der Waals surface area contributed by atoms with Crippen molar-refractivity contribution < 1.29 is 0 Å². The van der Waals surface area contributed by atoms with E-state index in [9.17, 15) is 0 Å². The molecule has 0 aliphatic heterocycles. The Morgan fingerprint density at radius 3 is 2.48 bits per heavy atom. The highest BCUT2D eigenvalue weighted by Gasteiger charge is 2.06. The minimum atomic E-state index is 0.652. The van der Waals surface area contributed by atoms with Crippen LogP contribution < -0.4 is 10.6 Å². The summed E-state index contributed by atoms with van der Waals surface area (Å²) in [5, 5.41) is 7.88. The highest BCUT2D eigenvalue weighted by Crippen LogP contribution is 2.22. The molecule has 2 aromatic rings. The summed E-state index contributed by atoms with van der Waals surface area (Å²) in [5.74, 6) is 1.70. The molecule has 0 aliphatic carbocycles. The van der Waals surface area contributed by atoms with Gasteiger partial charge in [-0.2, -0.15) is 0 Å². The lowest BCUT2D eigenvalue weighted by atomic mass is 10.1. The van der Waals surface area contributed by atoms with Crippen LogP contribution in [0.2, 0.25) is 10.0 Å². The molecule has 1 aromatic heterocycles. The Balaban J connectivity index is 1.99. The van der Waals surface area contributed by atoms with E-state index in [1.807, 2.05) is 26.0 Å². The predicted octanol–water partition coefficient (Wildman–Crippen LogP) is 4.18. The van der Waals surface area contributed by atoms with Gasteiger partial charge < -0.3 is 10.6 Å². The van der Waals surface area contributed by atoms with E-state index in [0.717, 1.165) is 42.3 Å². The molecular formula is C15H18Cl2N4. The Bertz CT molecular complexity index is 617. The molecule has 0 aliphatic rings. The first-order valence-corrected chi connectivity index (χ1v) is 7.60. The van der Waals surface area contributed by atoms with Crippen molar-refractivity contribution in [2.45, 2.75) is 20.3 Å². The van der Waals surface area contributed by atoms with Crippen molar-refractivity contribution in [3.63, 3.8) is 0 Å². The Morgan fingerprint density at radius 2 is 1.81 bits per heavy atom. The Hall–Kier alpha value is -1.52. The van der Waals surface area contributed by atoms with E-state index < -0.39 is 0 Å². The van der Waals surface area contributed by atoms with E-state index >= 15 is 0 Å². The molecule has 4 nitrogen and oxygen atoms in total. The molecule has 112 valence electrons. The van der Waals surface area contributed by atoms with Crippen LogP contribution in [0.1, 0.15) is 18.1 Å². The lowest BCUT2D eigenvalue weighted by Gasteiger charge is -2.12. The first-order valence-electron chi connectivity index (χ1n) is 6.85. The summed E-state index contributed by atoms with van der Waals surface area (Å²) in [4.78, 5) is 8.49. The number of rotatable bonds is 6. The van der Waals surface area contributed by atoms with Crippen LogP contribution >= 0.6 is 23.2 Å². The molecule has 0 radical (unpaired) electrons. The largest absolute Gasteiger partial charge is 0.370 e. The summed E-state index contributed by atoms with van der Waals surface area (Å²) in [6.07, 6.45) is 2.36. The fourth-order valence-electron chi connectivity index (χ4n) is 2.01. The first-order chi connectivity index (χ1) is 10.1. The van der Waals surface area contributed by atoms with Gasteiger partial charge in [-0.25, -0.2) is 9.97 Å². The average molecular weight is 325 g/mol. The second kappa shape index (κ2) is 7.48. The zero-order valence-corrected chi connectivity index (χ0v) is 13.6. The van der Waals surface area contributed by atoms with Crippen molar-refractivity contribution in [3.05, 3.63) is 45.7 Å². The predicted molar refractivity (Wildman–Crippen MR) is 89.6 cm³/mol. The van der Waals surface area contributed by atoms with Crippen molar-refractivity contribution in [2.75, 3.05) is 23.7 Å². The summed E-state index contributed by atoms with van der Waals surface area (Å²) in [6.45, 7) is 5.61. The van der Waals surface area contributed by atoms with Gasteiger partial charge in [-0.3, -0.25) is 0 Å². The molecule has 0 saturated carbocycles. The fourth-order valence-corrected chi connectivity index (χ4v) is 2.52. The van der Waals surface area contributed by atoms with Crippen LogP contribution in [-0.2, 0) is 6.42 Å². The summed E-state index contributed by atoms with van der Waals surface area (Å²) < 4.78 is 0. The van der Waals surface area contributed by atoms with Crippen molar-refractivity contribution >= 4 is 34.8 Å². The third-order valence-corrected chi connectivity index (χ3v) is 3.72. The van der Waals surface area contributed by atoms with Crippen LogP contribution in [0.4, 0.5) is 11.6 Å². The van der Waals surface area contributed by atoms with Crippen LogP contribution in [0, 0.1) is 6.92 Å². The Morgan fingerprint density at radius 1 is 1.10 bits per heavy atom.